The van der Waals surface area contributed by atoms with Gasteiger partial charge in [-0.2, -0.15) is 0 Å². The Morgan fingerprint density at radius 3 is 2.79 bits per heavy atom. The first kappa shape index (κ1) is 16.2. The minimum Gasteiger partial charge on any atom is -0.350 e. The minimum atomic E-state index is 0.685. The van der Waals surface area contributed by atoms with Gasteiger partial charge in [-0.1, -0.05) is 0 Å². The molecule has 3 aromatic rings. The third-order valence-corrected chi connectivity index (χ3v) is 6.36. The molecular formula is C22H24N6. The molecule has 6 nitrogen and oxygen atoms in total. The highest BCUT2D eigenvalue weighted by Gasteiger charge is 2.33. The SMILES string of the molecule is Cn1c(C2CC2)nc2c1CCN(c1nc(-c3cccnc3)nc3c1CCC3)C2. The molecule has 1 saturated carbocycles. The van der Waals surface area contributed by atoms with Gasteiger partial charge in [0.15, 0.2) is 5.82 Å². The van der Waals surface area contributed by atoms with E-state index in [0.29, 0.717) is 5.92 Å². The van der Waals surface area contributed by atoms with Crippen LogP contribution in [0.15, 0.2) is 24.5 Å². The van der Waals surface area contributed by atoms with E-state index >= 15 is 0 Å². The molecule has 28 heavy (non-hydrogen) atoms. The number of rotatable bonds is 3. The highest BCUT2D eigenvalue weighted by molar-refractivity contribution is 5.61. The van der Waals surface area contributed by atoms with Gasteiger partial charge in [0, 0.05) is 60.8 Å². The Morgan fingerprint density at radius 1 is 1.04 bits per heavy atom. The van der Waals surface area contributed by atoms with E-state index in [-0.39, 0.29) is 0 Å². The third-order valence-electron chi connectivity index (χ3n) is 6.36. The summed E-state index contributed by atoms with van der Waals surface area (Å²) in [4.78, 5) is 21.6. The maximum atomic E-state index is 5.03. The Kier molecular flexibility index (Phi) is 3.55. The van der Waals surface area contributed by atoms with Crippen LogP contribution in [-0.4, -0.2) is 31.0 Å². The van der Waals surface area contributed by atoms with E-state index in [4.69, 9.17) is 15.0 Å². The van der Waals surface area contributed by atoms with Crippen LogP contribution in [0.5, 0.6) is 0 Å². The molecule has 0 unspecified atom stereocenters. The number of aryl methyl sites for hydroxylation is 1. The Labute approximate surface area is 164 Å². The lowest BCUT2D eigenvalue weighted by Gasteiger charge is -2.29. The van der Waals surface area contributed by atoms with Crippen molar-refractivity contribution < 1.29 is 0 Å². The van der Waals surface area contributed by atoms with Crippen molar-refractivity contribution >= 4 is 5.82 Å². The van der Waals surface area contributed by atoms with Gasteiger partial charge >= 0.3 is 0 Å². The normalized spacial score (nSPS) is 18.2. The summed E-state index contributed by atoms with van der Waals surface area (Å²) in [5.41, 5.74) is 6.20. The molecule has 4 heterocycles. The molecule has 3 aliphatic rings. The summed E-state index contributed by atoms with van der Waals surface area (Å²) >= 11 is 0. The van der Waals surface area contributed by atoms with Crippen molar-refractivity contribution in [2.45, 2.75) is 51.0 Å². The Morgan fingerprint density at radius 2 is 1.96 bits per heavy atom. The first-order valence-corrected chi connectivity index (χ1v) is 10.4. The molecule has 142 valence electrons. The molecule has 0 bridgehead atoms. The highest BCUT2D eigenvalue weighted by Crippen LogP contribution is 2.41. The molecule has 2 aliphatic carbocycles. The minimum absolute atomic E-state index is 0.685. The molecule has 0 atom stereocenters. The van der Waals surface area contributed by atoms with Gasteiger partial charge in [-0.25, -0.2) is 15.0 Å². The van der Waals surface area contributed by atoms with E-state index in [1.165, 1.54) is 47.7 Å². The Balaban J connectivity index is 1.40. The predicted octanol–water partition coefficient (Wildman–Crippen LogP) is 3.20. The smallest absolute Gasteiger partial charge is 0.163 e. The van der Waals surface area contributed by atoms with Crippen LogP contribution < -0.4 is 4.90 Å². The number of imidazole rings is 1. The largest absolute Gasteiger partial charge is 0.350 e. The topological polar surface area (TPSA) is 59.7 Å². The van der Waals surface area contributed by atoms with Crippen molar-refractivity contribution in [2.24, 2.45) is 7.05 Å². The van der Waals surface area contributed by atoms with Crippen molar-refractivity contribution in [3.05, 3.63) is 53.0 Å². The highest BCUT2D eigenvalue weighted by atomic mass is 15.2. The van der Waals surface area contributed by atoms with E-state index in [9.17, 15) is 0 Å². The van der Waals surface area contributed by atoms with E-state index in [2.05, 4.69) is 21.5 Å². The molecule has 6 heteroatoms. The van der Waals surface area contributed by atoms with Crippen LogP contribution in [0, 0.1) is 0 Å². The zero-order valence-corrected chi connectivity index (χ0v) is 16.2. The number of hydrogen-bond donors (Lipinski definition) is 0. The van der Waals surface area contributed by atoms with Crippen molar-refractivity contribution in [2.75, 3.05) is 11.4 Å². The molecule has 0 N–H and O–H groups in total. The monoisotopic (exact) mass is 372 g/mol. The molecule has 0 spiro atoms. The standard InChI is InChI=1S/C22H24N6/c1-27-19-9-11-28(13-18(19)25-21(27)14-7-8-14)22-16-5-2-6-17(16)24-20(26-22)15-4-3-10-23-12-15/h3-4,10,12,14H,2,5-9,11,13H2,1H3. The number of hydrogen-bond acceptors (Lipinski definition) is 5. The van der Waals surface area contributed by atoms with E-state index in [1.807, 2.05) is 18.3 Å². The van der Waals surface area contributed by atoms with Crippen LogP contribution in [0.2, 0.25) is 0 Å². The summed E-state index contributed by atoms with van der Waals surface area (Å²) in [6.07, 6.45) is 10.6. The average molecular weight is 372 g/mol. The first-order chi connectivity index (χ1) is 13.8. The van der Waals surface area contributed by atoms with Crippen molar-refractivity contribution in [1.29, 1.82) is 0 Å². The predicted molar refractivity (Wildman–Crippen MR) is 107 cm³/mol. The number of nitrogens with zero attached hydrogens (tertiary/aromatic N) is 6. The number of aromatic nitrogens is 5. The van der Waals surface area contributed by atoms with Gasteiger partial charge in [-0.3, -0.25) is 4.98 Å². The van der Waals surface area contributed by atoms with Gasteiger partial charge in [0.05, 0.1) is 12.2 Å². The molecule has 3 aromatic heterocycles. The third kappa shape index (κ3) is 2.54. The Bertz CT molecular complexity index is 1050. The fourth-order valence-electron chi connectivity index (χ4n) is 4.73. The second-order valence-electron chi connectivity index (χ2n) is 8.26. The lowest BCUT2D eigenvalue weighted by Crippen LogP contribution is -2.32. The fourth-order valence-corrected chi connectivity index (χ4v) is 4.73. The summed E-state index contributed by atoms with van der Waals surface area (Å²) in [5.74, 6) is 3.89. The molecule has 0 amide bonds. The van der Waals surface area contributed by atoms with Crippen LogP contribution in [-0.2, 0) is 32.9 Å². The van der Waals surface area contributed by atoms with Crippen molar-refractivity contribution in [1.82, 2.24) is 24.5 Å². The van der Waals surface area contributed by atoms with E-state index in [0.717, 1.165) is 49.6 Å². The number of fused-ring (bicyclic) bond motifs is 2. The van der Waals surface area contributed by atoms with Crippen LogP contribution in [0.3, 0.4) is 0 Å². The molecule has 1 fully saturated rings. The molecule has 0 aromatic carbocycles. The summed E-state index contributed by atoms with van der Waals surface area (Å²) in [6.45, 7) is 1.85. The second-order valence-corrected chi connectivity index (χ2v) is 8.26. The quantitative estimate of drug-likeness (QED) is 0.707. The lowest BCUT2D eigenvalue weighted by molar-refractivity contribution is 0.667. The van der Waals surface area contributed by atoms with Gasteiger partial charge in [-0.15, -0.1) is 0 Å². The lowest BCUT2D eigenvalue weighted by atomic mass is 10.1. The maximum Gasteiger partial charge on any atom is 0.163 e. The van der Waals surface area contributed by atoms with Crippen LogP contribution >= 0.6 is 0 Å². The summed E-state index contributed by atoms with van der Waals surface area (Å²) < 4.78 is 2.36. The van der Waals surface area contributed by atoms with Gasteiger partial charge in [0.25, 0.3) is 0 Å². The molecule has 1 aliphatic heterocycles. The van der Waals surface area contributed by atoms with Crippen LogP contribution in [0.4, 0.5) is 5.82 Å². The summed E-state index contributed by atoms with van der Waals surface area (Å²) in [6, 6.07) is 3.99. The zero-order valence-electron chi connectivity index (χ0n) is 16.2. The maximum absolute atomic E-state index is 5.03. The average Bonchev–Trinajstić information content (AvgIpc) is 3.38. The molecule has 0 radical (unpaired) electrons. The number of pyridine rings is 1. The summed E-state index contributed by atoms with van der Waals surface area (Å²) in [7, 11) is 2.19. The van der Waals surface area contributed by atoms with Gasteiger partial charge in [0.2, 0.25) is 0 Å². The molecular weight excluding hydrogens is 348 g/mol. The van der Waals surface area contributed by atoms with Crippen LogP contribution in [0.25, 0.3) is 11.4 Å². The first-order valence-electron chi connectivity index (χ1n) is 10.4. The van der Waals surface area contributed by atoms with E-state index in [1.54, 1.807) is 6.20 Å². The fraction of sp³-hybridized carbons (Fsp3) is 0.455. The van der Waals surface area contributed by atoms with Gasteiger partial charge < -0.3 is 9.47 Å². The molecule has 6 rings (SSSR count). The van der Waals surface area contributed by atoms with Crippen molar-refractivity contribution in [3.8, 4) is 11.4 Å². The van der Waals surface area contributed by atoms with Gasteiger partial charge in [0.1, 0.15) is 11.6 Å². The summed E-state index contributed by atoms with van der Waals surface area (Å²) in [5, 5.41) is 0. The molecule has 0 saturated heterocycles. The van der Waals surface area contributed by atoms with Crippen LogP contribution in [0.1, 0.15) is 53.7 Å². The Hall–Kier alpha value is -2.76. The van der Waals surface area contributed by atoms with Crippen molar-refractivity contribution in [3.63, 3.8) is 0 Å². The zero-order chi connectivity index (χ0) is 18.7. The second kappa shape index (κ2) is 6.12. The number of anilines is 1. The van der Waals surface area contributed by atoms with E-state index < -0.39 is 0 Å². The van der Waals surface area contributed by atoms with Gasteiger partial charge in [-0.05, 0) is 44.2 Å².